The zero-order valence-corrected chi connectivity index (χ0v) is 15.6. The number of carbonyl (C=O) groups is 2. The van der Waals surface area contributed by atoms with E-state index in [1.165, 1.54) is 0 Å². The molecule has 7 heteroatoms. The number of aromatic nitrogens is 2. The predicted octanol–water partition coefficient (Wildman–Crippen LogP) is 2.84. The maximum Gasteiger partial charge on any atom is 0.308 e. The zero-order valence-electron chi connectivity index (χ0n) is 15.6. The molecule has 0 aliphatic heterocycles. The summed E-state index contributed by atoms with van der Waals surface area (Å²) in [5, 5.41) is 16.3. The first-order valence-electron chi connectivity index (χ1n) is 8.99. The Morgan fingerprint density at radius 1 is 1.36 bits per heavy atom. The highest BCUT2D eigenvalue weighted by Crippen LogP contribution is 2.34. The number of hydrogen-bond acceptors (Lipinski definition) is 5. The Balaban J connectivity index is 1.84. The topological polar surface area (TPSA) is 105 Å². The highest BCUT2D eigenvalue weighted by molar-refractivity contribution is 5.79. The average molecular weight is 351 g/mol. The summed E-state index contributed by atoms with van der Waals surface area (Å²) in [7, 11) is 0. The second-order valence-electron chi connectivity index (χ2n) is 8.22. The zero-order chi connectivity index (χ0) is 18.7. The lowest BCUT2D eigenvalue weighted by atomic mass is 9.74. The number of hydrogen-bond donors (Lipinski definition) is 2. The Morgan fingerprint density at radius 3 is 2.68 bits per heavy atom. The lowest BCUT2D eigenvalue weighted by Crippen LogP contribution is -2.55. The number of aryl methyl sites for hydroxylation is 1. The quantitative estimate of drug-likeness (QED) is 0.816. The van der Waals surface area contributed by atoms with Crippen molar-refractivity contribution in [1.82, 2.24) is 15.5 Å². The van der Waals surface area contributed by atoms with Gasteiger partial charge in [0.05, 0.1) is 11.5 Å². The van der Waals surface area contributed by atoms with Crippen LogP contribution in [-0.2, 0) is 21.4 Å². The first-order chi connectivity index (χ1) is 11.6. The molecule has 0 bridgehead atoms. The standard InChI is InChI=1S/C18H29N3O4/c1-17(2,3)16-19-14(25-21-16)10-7-9-13(22)20-18(4)11-6-5-8-12(18)15(23)24/h12H,5-11H2,1-4H3,(H,20,22)(H,23,24). The normalized spacial score (nSPS) is 24.1. The molecule has 25 heavy (non-hydrogen) atoms. The van der Waals surface area contributed by atoms with Crippen LogP contribution in [0.25, 0.3) is 0 Å². The van der Waals surface area contributed by atoms with E-state index in [2.05, 4.69) is 15.5 Å². The van der Waals surface area contributed by atoms with Crippen LogP contribution in [0.3, 0.4) is 0 Å². The van der Waals surface area contributed by atoms with Gasteiger partial charge in [-0.15, -0.1) is 0 Å². The highest BCUT2D eigenvalue weighted by atomic mass is 16.5. The molecule has 1 heterocycles. The lowest BCUT2D eigenvalue weighted by molar-refractivity contribution is -0.146. The van der Waals surface area contributed by atoms with Crippen molar-refractivity contribution >= 4 is 11.9 Å². The van der Waals surface area contributed by atoms with Crippen LogP contribution >= 0.6 is 0 Å². The molecule has 140 valence electrons. The second kappa shape index (κ2) is 7.54. The molecular formula is C18H29N3O4. The second-order valence-corrected chi connectivity index (χ2v) is 8.22. The lowest BCUT2D eigenvalue weighted by Gasteiger charge is -2.39. The smallest absolute Gasteiger partial charge is 0.308 e. The molecule has 2 atom stereocenters. The Hall–Kier alpha value is -1.92. The third kappa shape index (κ3) is 5.03. The molecule has 1 saturated carbocycles. The number of nitrogens with one attached hydrogen (secondary N) is 1. The van der Waals surface area contributed by atoms with Crippen LogP contribution in [0.1, 0.15) is 77.9 Å². The van der Waals surface area contributed by atoms with Gasteiger partial charge in [0, 0.05) is 18.3 Å². The maximum absolute atomic E-state index is 12.3. The van der Waals surface area contributed by atoms with E-state index in [1.54, 1.807) is 0 Å². The molecule has 2 rings (SSSR count). The fourth-order valence-electron chi connectivity index (χ4n) is 3.32. The molecule has 1 aromatic heterocycles. The van der Waals surface area contributed by atoms with E-state index in [1.807, 2.05) is 27.7 Å². The van der Waals surface area contributed by atoms with Gasteiger partial charge >= 0.3 is 5.97 Å². The first-order valence-corrected chi connectivity index (χ1v) is 8.99. The van der Waals surface area contributed by atoms with Crippen molar-refractivity contribution in [3.63, 3.8) is 0 Å². The summed E-state index contributed by atoms with van der Waals surface area (Å²) in [6, 6.07) is 0. The predicted molar refractivity (Wildman–Crippen MR) is 92.1 cm³/mol. The Morgan fingerprint density at radius 2 is 2.08 bits per heavy atom. The van der Waals surface area contributed by atoms with Crippen molar-refractivity contribution in [2.45, 2.75) is 83.6 Å². The van der Waals surface area contributed by atoms with Crippen LogP contribution in [0, 0.1) is 5.92 Å². The molecule has 2 unspecified atom stereocenters. The molecule has 1 fully saturated rings. The van der Waals surface area contributed by atoms with Gasteiger partial charge < -0.3 is 14.9 Å². The minimum atomic E-state index is -0.830. The van der Waals surface area contributed by atoms with Crippen molar-refractivity contribution in [1.29, 1.82) is 0 Å². The van der Waals surface area contributed by atoms with Gasteiger partial charge in [-0.3, -0.25) is 9.59 Å². The molecule has 0 spiro atoms. The van der Waals surface area contributed by atoms with Gasteiger partial charge in [-0.2, -0.15) is 4.98 Å². The van der Waals surface area contributed by atoms with Gasteiger partial charge in [0.1, 0.15) is 0 Å². The molecule has 0 saturated heterocycles. The minimum absolute atomic E-state index is 0.119. The molecule has 0 aromatic carbocycles. The highest BCUT2D eigenvalue weighted by Gasteiger charge is 2.42. The number of aliphatic carboxylic acids is 1. The summed E-state index contributed by atoms with van der Waals surface area (Å²) in [6.07, 6.45) is 4.60. The maximum atomic E-state index is 12.3. The van der Waals surface area contributed by atoms with Crippen LogP contribution in [0.2, 0.25) is 0 Å². The first kappa shape index (κ1) is 19.4. The molecule has 1 aliphatic carbocycles. The number of carboxylic acid groups (broad SMARTS) is 1. The Kier molecular flexibility index (Phi) is 5.85. The summed E-state index contributed by atoms with van der Waals surface area (Å²) in [4.78, 5) is 28.1. The van der Waals surface area contributed by atoms with E-state index in [0.29, 0.717) is 43.8 Å². The molecule has 0 radical (unpaired) electrons. The van der Waals surface area contributed by atoms with Crippen molar-refractivity contribution in [2.24, 2.45) is 5.92 Å². The molecule has 1 aromatic rings. The van der Waals surface area contributed by atoms with E-state index in [4.69, 9.17) is 4.52 Å². The molecule has 2 N–H and O–H groups in total. The summed E-state index contributed by atoms with van der Waals surface area (Å²) in [5.74, 6) is -0.277. The van der Waals surface area contributed by atoms with Gasteiger partial charge in [-0.1, -0.05) is 38.8 Å². The molecular weight excluding hydrogens is 322 g/mol. The summed E-state index contributed by atoms with van der Waals surface area (Å²) >= 11 is 0. The van der Waals surface area contributed by atoms with Gasteiger partial charge in [-0.25, -0.2) is 0 Å². The fraction of sp³-hybridized carbons (Fsp3) is 0.778. The van der Waals surface area contributed by atoms with E-state index < -0.39 is 17.4 Å². The third-order valence-corrected chi connectivity index (χ3v) is 4.86. The average Bonchev–Trinajstić information content (AvgIpc) is 2.95. The van der Waals surface area contributed by atoms with Gasteiger partial charge in [-0.05, 0) is 26.2 Å². The molecule has 7 nitrogen and oxygen atoms in total. The molecule has 1 aliphatic rings. The minimum Gasteiger partial charge on any atom is -0.481 e. The third-order valence-electron chi connectivity index (χ3n) is 4.86. The SMILES string of the molecule is CC(C)(C)c1noc(CCCC(=O)NC2(C)CCCCC2C(=O)O)n1. The van der Waals surface area contributed by atoms with E-state index in [9.17, 15) is 14.7 Å². The van der Waals surface area contributed by atoms with Crippen molar-refractivity contribution in [3.8, 4) is 0 Å². The van der Waals surface area contributed by atoms with Crippen LogP contribution in [0.5, 0.6) is 0 Å². The van der Waals surface area contributed by atoms with Gasteiger partial charge in [0.25, 0.3) is 0 Å². The van der Waals surface area contributed by atoms with Gasteiger partial charge in [0.15, 0.2) is 5.82 Å². The van der Waals surface area contributed by atoms with Crippen molar-refractivity contribution in [3.05, 3.63) is 11.7 Å². The van der Waals surface area contributed by atoms with Crippen LogP contribution in [0.15, 0.2) is 4.52 Å². The number of carbonyl (C=O) groups excluding carboxylic acids is 1. The molecule has 1 amide bonds. The van der Waals surface area contributed by atoms with Crippen molar-refractivity contribution in [2.75, 3.05) is 0 Å². The Labute approximate surface area is 148 Å². The van der Waals surface area contributed by atoms with Crippen molar-refractivity contribution < 1.29 is 19.2 Å². The monoisotopic (exact) mass is 351 g/mol. The number of rotatable bonds is 6. The number of nitrogens with zero attached hydrogens (tertiary/aromatic N) is 2. The number of carboxylic acids is 1. The summed E-state index contributed by atoms with van der Waals surface area (Å²) in [5.41, 5.74) is -0.828. The van der Waals surface area contributed by atoms with E-state index >= 15 is 0 Å². The van der Waals surface area contributed by atoms with E-state index in [-0.39, 0.29) is 11.3 Å². The summed E-state index contributed by atoms with van der Waals surface area (Å²) < 4.78 is 5.22. The fourth-order valence-corrected chi connectivity index (χ4v) is 3.32. The number of amides is 1. The van der Waals surface area contributed by atoms with Crippen LogP contribution in [-0.4, -0.2) is 32.7 Å². The van der Waals surface area contributed by atoms with E-state index in [0.717, 1.165) is 12.8 Å². The van der Waals surface area contributed by atoms with Gasteiger partial charge in [0.2, 0.25) is 11.8 Å². The van der Waals surface area contributed by atoms with Crippen LogP contribution in [0.4, 0.5) is 0 Å². The van der Waals surface area contributed by atoms with Crippen LogP contribution < -0.4 is 5.32 Å². The summed E-state index contributed by atoms with van der Waals surface area (Å²) in [6.45, 7) is 7.88. The Bertz CT molecular complexity index is 620. The largest absolute Gasteiger partial charge is 0.481 e.